The normalized spacial score (nSPS) is 31.5. The summed E-state index contributed by atoms with van der Waals surface area (Å²) in [7, 11) is 1.98. The summed E-state index contributed by atoms with van der Waals surface area (Å²) < 4.78 is 0. The molecule has 0 spiro atoms. The van der Waals surface area contributed by atoms with Gasteiger partial charge in [-0.25, -0.2) is 0 Å². The molecule has 1 amide bonds. The molecule has 0 aromatic carbocycles. The molecule has 0 aliphatic carbocycles. The molecule has 0 unspecified atom stereocenters. The SMILES string of the molecule is CN(C(=O)[C@H]1CCCNC1)[C@@H]1CCSC1. The van der Waals surface area contributed by atoms with Gasteiger partial charge in [0.05, 0.1) is 5.92 Å². The highest BCUT2D eigenvalue weighted by Gasteiger charge is 2.29. The Balaban J connectivity index is 1.87. The maximum absolute atomic E-state index is 12.2. The molecule has 2 rings (SSSR count). The van der Waals surface area contributed by atoms with Crippen LogP contribution in [-0.2, 0) is 4.79 Å². The van der Waals surface area contributed by atoms with Gasteiger partial charge in [-0.05, 0) is 31.6 Å². The second kappa shape index (κ2) is 5.21. The van der Waals surface area contributed by atoms with E-state index < -0.39 is 0 Å². The molecule has 2 aliphatic rings. The molecule has 0 bridgehead atoms. The maximum Gasteiger partial charge on any atom is 0.226 e. The smallest absolute Gasteiger partial charge is 0.226 e. The fraction of sp³-hybridized carbons (Fsp3) is 0.909. The fourth-order valence-corrected chi connectivity index (χ4v) is 3.63. The number of carbonyl (C=O) groups excluding carboxylic acids is 1. The zero-order chi connectivity index (χ0) is 10.7. The summed E-state index contributed by atoms with van der Waals surface area (Å²) >= 11 is 1.97. The van der Waals surface area contributed by atoms with Crippen molar-refractivity contribution in [3.05, 3.63) is 0 Å². The molecule has 0 radical (unpaired) electrons. The number of thioether (sulfide) groups is 1. The summed E-state index contributed by atoms with van der Waals surface area (Å²) in [5, 5.41) is 3.31. The number of hydrogen-bond acceptors (Lipinski definition) is 3. The maximum atomic E-state index is 12.2. The highest BCUT2D eigenvalue weighted by Crippen LogP contribution is 2.23. The Morgan fingerprint density at radius 1 is 1.47 bits per heavy atom. The van der Waals surface area contributed by atoms with Gasteiger partial charge in [0.25, 0.3) is 0 Å². The molecule has 0 aromatic heterocycles. The molecule has 2 saturated heterocycles. The third kappa shape index (κ3) is 2.67. The van der Waals surface area contributed by atoms with Crippen molar-refractivity contribution in [2.45, 2.75) is 25.3 Å². The lowest BCUT2D eigenvalue weighted by Crippen LogP contribution is -2.45. The number of nitrogens with one attached hydrogen (secondary N) is 1. The largest absolute Gasteiger partial charge is 0.342 e. The predicted molar refractivity (Wildman–Crippen MR) is 64.1 cm³/mol. The van der Waals surface area contributed by atoms with Gasteiger partial charge in [-0.1, -0.05) is 0 Å². The number of amides is 1. The lowest BCUT2D eigenvalue weighted by atomic mass is 9.97. The van der Waals surface area contributed by atoms with E-state index in [-0.39, 0.29) is 5.92 Å². The molecule has 4 heteroatoms. The zero-order valence-electron chi connectivity index (χ0n) is 9.37. The Labute approximate surface area is 96.0 Å². The minimum atomic E-state index is 0.231. The highest BCUT2D eigenvalue weighted by molar-refractivity contribution is 7.99. The first-order valence-corrected chi connectivity index (χ1v) is 6.99. The Morgan fingerprint density at radius 3 is 2.93 bits per heavy atom. The van der Waals surface area contributed by atoms with Gasteiger partial charge < -0.3 is 10.2 Å². The molecule has 2 aliphatic heterocycles. The Kier molecular flexibility index (Phi) is 3.92. The molecule has 2 heterocycles. The van der Waals surface area contributed by atoms with Gasteiger partial charge in [0.2, 0.25) is 5.91 Å². The summed E-state index contributed by atoms with van der Waals surface area (Å²) in [6.45, 7) is 1.95. The Morgan fingerprint density at radius 2 is 2.33 bits per heavy atom. The molecule has 15 heavy (non-hydrogen) atoms. The van der Waals surface area contributed by atoms with E-state index >= 15 is 0 Å². The van der Waals surface area contributed by atoms with Crippen molar-refractivity contribution in [1.82, 2.24) is 10.2 Å². The average Bonchev–Trinajstić information content (AvgIpc) is 2.82. The van der Waals surface area contributed by atoms with Crippen molar-refractivity contribution in [1.29, 1.82) is 0 Å². The lowest BCUT2D eigenvalue weighted by Gasteiger charge is -2.30. The van der Waals surface area contributed by atoms with E-state index in [0.717, 1.165) is 31.7 Å². The van der Waals surface area contributed by atoms with Crippen LogP contribution >= 0.6 is 11.8 Å². The number of rotatable bonds is 2. The third-order valence-electron chi connectivity index (χ3n) is 3.45. The summed E-state index contributed by atoms with van der Waals surface area (Å²) in [5.41, 5.74) is 0. The van der Waals surface area contributed by atoms with Gasteiger partial charge in [0.1, 0.15) is 0 Å². The molecule has 86 valence electrons. The van der Waals surface area contributed by atoms with Crippen LogP contribution in [0.1, 0.15) is 19.3 Å². The molecular weight excluding hydrogens is 208 g/mol. The van der Waals surface area contributed by atoms with E-state index in [9.17, 15) is 4.79 Å². The minimum absolute atomic E-state index is 0.231. The lowest BCUT2D eigenvalue weighted by molar-refractivity contribution is -0.136. The van der Waals surface area contributed by atoms with Crippen molar-refractivity contribution < 1.29 is 4.79 Å². The average molecular weight is 228 g/mol. The van der Waals surface area contributed by atoms with Gasteiger partial charge in [-0.2, -0.15) is 11.8 Å². The molecule has 1 N–H and O–H groups in total. The quantitative estimate of drug-likeness (QED) is 0.764. The topological polar surface area (TPSA) is 32.3 Å². The standard InChI is InChI=1S/C11H20N2OS/c1-13(10-4-6-15-8-10)11(14)9-3-2-5-12-7-9/h9-10,12H,2-8H2,1H3/t9-,10+/m0/s1. The Hall–Kier alpha value is -0.220. The molecule has 0 aromatic rings. The van der Waals surface area contributed by atoms with Gasteiger partial charge >= 0.3 is 0 Å². The van der Waals surface area contributed by atoms with Gasteiger partial charge in [0, 0.05) is 25.4 Å². The molecule has 2 atom stereocenters. The fourth-order valence-electron chi connectivity index (χ4n) is 2.36. The monoisotopic (exact) mass is 228 g/mol. The van der Waals surface area contributed by atoms with Crippen LogP contribution in [0, 0.1) is 5.92 Å². The first kappa shape index (κ1) is 11.3. The first-order chi connectivity index (χ1) is 7.29. The van der Waals surface area contributed by atoms with E-state index in [2.05, 4.69) is 5.32 Å². The van der Waals surface area contributed by atoms with Gasteiger partial charge in [-0.3, -0.25) is 4.79 Å². The zero-order valence-corrected chi connectivity index (χ0v) is 10.2. The van der Waals surface area contributed by atoms with Crippen molar-refractivity contribution >= 4 is 17.7 Å². The van der Waals surface area contributed by atoms with Crippen molar-refractivity contribution in [3.63, 3.8) is 0 Å². The predicted octanol–water partition coefficient (Wildman–Crippen LogP) is 0.950. The number of nitrogens with zero attached hydrogens (tertiary/aromatic N) is 1. The van der Waals surface area contributed by atoms with Crippen molar-refractivity contribution in [3.8, 4) is 0 Å². The second-order valence-corrected chi connectivity index (χ2v) is 5.66. The van der Waals surface area contributed by atoms with Crippen LogP contribution in [0.25, 0.3) is 0 Å². The molecule has 0 saturated carbocycles. The van der Waals surface area contributed by atoms with Crippen LogP contribution in [0.15, 0.2) is 0 Å². The minimum Gasteiger partial charge on any atom is -0.342 e. The van der Waals surface area contributed by atoms with Crippen LogP contribution in [0.2, 0.25) is 0 Å². The van der Waals surface area contributed by atoms with E-state index in [1.54, 1.807) is 0 Å². The van der Waals surface area contributed by atoms with E-state index in [1.807, 2.05) is 23.7 Å². The molecule has 3 nitrogen and oxygen atoms in total. The van der Waals surface area contributed by atoms with Crippen LogP contribution in [0.3, 0.4) is 0 Å². The summed E-state index contributed by atoms with van der Waals surface area (Å²) in [4.78, 5) is 14.2. The van der Waals surface area contributed by atoms with Crippen LogP contribution < -0.4 is 5.32 Å². The number of piperidine rings is 1. The first-order valence-electron chi connectivity index (χ1n) is 5.84. The van der Waals surface area contributed by atoms with Crippen LogP contribution in [0.4, 0.5) is 0 Å². The van der Waals surface area contributed by atoms with Crippen LogP contribution in [-0.4, -0.2) is 48.5 Å². The van der Waals surface area contributed by atoms with E-state index in [1.165, 1.54) is 12.2 Å². The summed E-state index contributed by atoms with van der Waals surface area (Å²) in [5.74, 6) is 2.93. The molecule has 2 fully saturated rings. The highest BCUT2D eigenvalue weighted by atomic mass is 32.2. The number of hydrogen-bond donors (Lipinski definition) is 1. The Bertz CT molecular complexity index is 223. The second-order valence-electron chi connectivity index (χ2n) is 4.51. The number of carbonyl (C=O) groups is 1. The van der Waals surface area contributed by atoms with Crippen molar-refractivity contribution in [2.24, 2.45) is 5.92 Å². The summed E-state index contributed by atoms with van der Waals surface area (Å²) in [6.07, 6.45) is 3.38. The van der Waals surface area contributed by atoms with Crippen molar-refractivity contribution in [2.75, 3.05) is 31.6 Å². The van der Waals surface area contributed by atoms with Gasteiger partial charge in [0.15, 0.2) is 0 Å². The van der Waals surface area contributed by atoms with E-state index in [0.29, 0.717) is 11.9 Å². The summed E-state index contributed by atoms with van der Waals surface area (Å²) in [6, 6.07) is 0.490. The third-order valence-corrected chi connectivity index (χ3v) is 4.59. The van der Waals surface area contributed by atoms with Crippen LogP contribution in [0.5, 0.6) is 0 Å². The van der Waals surface area contributed by atoms with E-state index in [4.69, 9.17) is 0 Å². The van der Waals surface area contributed by atoms with Gasteiger partial charge in [-0.15, -0.1) is 0 Å². The molecular formula is C11H20N2OS.